The highest BCUT2D eigenvalue weighted by molar-refractivity contribution is 5.91. The molecular formula is C19H24N4O2. The summed E-state index contributed by atoms with van der Waals surface area (Å²) in [5, 5.41) is 7.10. The molecule has 2 aromatic rings. The first-order valence-corrected chi connectivity index (χ1v) is 8.85. The molecule has 6 nitrogen and oxygen atoms in total. The molecule has 3 rings (SSSR count). The summed E-state index contributed by atoms with van der Waals surface area (Å²) < 4.78 is 1.33. The van der Waals surface area contributed by atoms with Crippen molar-refractivity contribution in [3.63, 3.8) is 0 Å². The van der Waals surface area contributed by atoms with Crippen LogP contribution in [-0.4, -0.2) is 46.8 Å². The first kappa shape index (κ1) is 17.4. The average molecular weight is 340 g/mol. The Balaban J connectivity index is 1.55. The van der Waals surface area contributed by atoms with Gasteiger partial charge in [-0.05, 0) is 50.5 Å². The smallest absolute Gasteiger partial charge is 0.271 e. The molecule has 1 aromatic carbocycles. The first-order chi connectivity index (χ1) is 12.2. The lowest BCUT2D eigenvalue weighted by Gasteiger charge is -2.14. The highest BCUT2D eigenvalue weighted by atomic mass is 16.2. The Morgan fingerprint density at radius 1 is 1.08 bits per heavy atom. The van der Waals surface area contributed by atoms with Crippen molar-refractivity contribution in [1.82, 2.24) is 20.0 Å². The van der Waals surface area contributed by atoms with E-state index in [-0.39, 0.29) is 17.2 Å². The highest BCUT2D eigenvalue weighted by Gasteiger charge is 2.12. The third kappa shape index (κ3) is 5.00. The summed E-state index contributed by atoms with van der Waals surface area (Å²) >= 11 is 0. The number of nitrogens with one attached hydrogen (secondary N) is 1. The number of hydrogen-bond donors (Lipinski definition) is 1. The van der Waals surface area contributed by atoms with Gasteiger partial charge in [-0.15, -0.1) is 0 Å². The molecule has 1 aliphatic rings. The summed E-state index contributed by atoms with van der Waals surface area (Å²) in [6.07, 6.45) is 3.48. The average Bonchev–Trinajstić information content (AvgIpc) is 3.15. The summed E-state index contributed by atoms with van der Waals surface area (Å²) in [6.45, 7) is 4.33. The zero-order valence-corrected chi connectivity index (χ0v) is 14.4. The van der Waals surface area contributed by atoms with E-state index < -0.39 is 0 Å². The molecule has 1 aromatic heterocycles. The minimum Gasteiger partial charge on any atom is -0.351 e. The van der Waals surface area contributed by atoms with Crippen LogP contribution in [0.5, 0.6) is 0 Å². The summed E-state index contributed by atoms with van der Waals surface area (Å²) in [5.74, 6) is -0.233. The molecule has 1 N–H and O–H groups in total. The summed E-state index contributed by atoms with van der Waals surface area (Å²) in [4.78, 5) is 26.6. The predicted molar refractivity (Wildman–Crippen MR) is 96.7 cm³/mol. The summed E-state index contributed by atoms with van der Waals surface area (Å²) in [6, 6.07) is 12.5. The Labute approximate surface area is 147 Å². The highest BCUT2D eigenvalue weighted by Crippen LogP contribution is 2.07. The maximum absolute atomic E-state index is 12.3. The van der Waals surface area contributed by atoms with Gasteiger partial charge in [-0.1, -0.05) is 30.3 Å². The van der Waals surface area contributed by atoms with Crippen LogP contribution < -0.4 is 10.9 Å². The van der Waals surface area contributed by atoms with Crippen molar-refractivity contribution in [2.75, 3.05) is 26.2 Å². The Morgan fingerprint density at radius 2 is 1.84 bits per heavy atom. The molecule has 1 aliphatic heterocycles. The normalized spacial score (nSPS) is 14.6. The number of hydrogen-bond acceptors (Lipinski definition) is 4. The third-order valence-electron chi connectivity index (χ3n) is 4.41. The molecule has 0 atom stereocenters. The van der Waals surface area contributed by atoms with E-state index in [1.54, 1.807) is 0 Å². The number of aromatic nitrogens is 2. The lowest BCUT2D eigenvalue weighted by atomic mass is 10.2. The van der Waals surface area contributed by atoms with Crippen LogP contribution in [0.25, 0.3) is 0 Å². The summed E-state index contributed by atoms with van der Waals surface area (Å²) in [7, 11) is 0. The van der Waals surface area contributed by atoms with Crippen LogP contribution in [0.1, 0.15) is 35.3 Å². The largest absolute Gasteiger partial charge is 0.351 e. The van der Waals surface area contributed by atoms with Gasteiger partial charge < -0.3 is 10.2 Å². The molecule has 0 saturated carbocycles. The maximum atomic E-state index is 12.3. The number of nitrogens with zero attached hydrogens (tertiary/aromatic N) is 3. The Bertz CT molecular complexity index is 752. The molecule has 0 unspecified atom stereocenters. The Hall–Kier alpha value is -2.47. The molecular weight excluding hydrogens is 316 g/mol. The molecule has 0 bridgehead atoms. The molecule has 1 fully saturated rings. The zero-order chi connectivity index (χ0) is 17.5. The fraction of sp³-hybridized carbons (Fsp3) is 0.421. The van der Waals surface area contributed by atoms with Crippen molar-refractivity contribution in [2.24, 2.45) is 0 Å². The standard InChI is InChI=1S/C19H24N4O2/c24-18-10-9-17(21-23(18)15-16-7-2-1-3-8-16)19(25)20-11-6-14-22-12-4-5-13-22/h1-3,7-10H,4-6,11-15H2,(H,20,25). The van der Waals surface area contributed by atoms with Gasteiger partial charge in [-0.25, -0.2) is 4.68 Å². The van der Waals surface area contributed by atoms with Crippen molar-refractivity contribution in [3.05, 3.63) is 64.1 Å². The number of rotatable bonds is 7. The van der Waals surface area contributed by atoms with Crippen LogP contribution in [0.4, 0.5) is 0 Å². The van der Waals surface area contributed by atoms with Crippen molar-refractivity contribution in [2.45, 2.75) is 25.8 Å². The van der Waals surface area contributed by atoms with E-state index in [0.717, 1.165) is 18.5 Å². The second-order valence-electron chi connectivity index (χ2n) is 6.36. The number of benzene rings is 1. The van der Waals surface area contributed by atoms with Crippen LogP contribution in [0.3, 0.4) is 0 Å². The number of amides is 1. The van der Waals surface area contributed by atoms with E-state index in [9.17, 15) is 9.59 Å². The lowest BCUT2D eigenvalue weighted by Crippen LogP contribution is -2.31. The fourth-order valence-electron chi connectivity index (χ4n) is 3.04. The van der Waals surface area contributed by atoms with Crippen molar-refractivity contribution >= 4 is 5.91 Å². The molecule has 2 heterocycles. The minimum absolute atomic E-state index is 0.213. The van der Waals surface area contributed by atoms with Gasteiger partial charge in [0.05, 0.1) is 6.54 Å². The van der Waals surface area contributed by atoms with Gasteiger partial charge in [0.25, 0.3) is 11.5 Å². The zero-order valence-electron chi connectivity index (χ0n) is 14.4. The molecule has 1 saturated heterocycles. The lowest BCUT2D eigenvalue weighted by molar-refractivity contribution is 0.0944. The van der Waals surface area contributed by atoms with E-state index in [1.807, 2.05) is 30.3 Å². The van der Waals surface area contributed by atoms with Crippen molar-refractivity contribution in [1.29, 1.82) is 0 Å². The Morgan fingerprint density at radius 3 is 2.60 bits per heavy atom. The van der Waals surface area contributed by atoms with Gasteiger partial charge in [0.2, 0.25) is 0 Å². The number of carbonyl (C=O) groups excluding carboxylic acids is 1. The molecule has 1 amide bonds. The van der Waals surface area contributed by atoms with Crippen LogP contribution in [-0.2, 0) is 6.54 Å². The van der Waals surface area contributed by atoms with E-state index in [1.165, 1.54) is 42.7 Å². The quantitative estimate of drug-likeness (QED) is 0.776. The maximum Gasteiger partial charge on any atom is 0.271 e. The summed E-state index contributed by atoms with van der Waals surface area (Å²) in [5.41, 5.74) is 1.03. The van der Waals surface area contributed by atoms with Crippen molar-refractivity contribution < 1.29 is 4.79 Å². The topological polar surface area (TPSA) is 67.2 Å². The van der Waals surface area contributed by atoms with E-state index in [4.69, 9.17) is 0 Å². The van der Waals surface area contributed by atoms with Gasteiger partial charge in [0.15, 0.2) is 0 Å². The minimum atomic E-state index is -0.233. The number of likely N-dealkylation sites (tertiary alicyclic amines) is 1. The van der Waals surface area contributed by atoms with Gasteiger partial charge in [0.1, 0.15) is 5.69 Å². The fourth-order valence-corrected chi connectivity index (χ4v) is 3.04. The molecule has 0 spiro atoms. The van der Waals surface area contributed by atoms with Gasteiger partial charge in [-0.2, -0.15) is 5.10 Å². The number of carbonyl (C=O) groups is 1. The predicted octanol–water partition coefficient (Wildman–Crippen LogP) is 1.51. The Kier molecular flexibility index (Phi) is 5.95. The second kappa shape index (κ2) is 8.58. The molecule has 25 heavy (non-hydrogen) atoms. The van der Waals surface area contributed by atoms with Gasteiger partial charge >= 0.3 is 0 Å². The van der Waals surface area contributed by atoms with E-state index >= 15 is 0 Å². The molecule has 0 aliphatic carbocycles. The SMILES string of the molecule is O=C(NCCCN1CCCC1)c1ccc(=O)n(Cc2ccccc2)n1. The molecule has 0 radical (unpaired) electrons. The van der Waals surface area contributed by atoms with E-state index in [0.29, 0.717) is 13.1 Å². The molecule has 132 valence electrons. The first-order valence-electron chi connectivity index (χ1n) is 8.85. The molecule has 6 heteroatoms. The van der Waals surface area contributed by atoms with Crippen LogP contribution in [0.2, 0.25) is 0 Å². The van der Waals surface area contributed by atoms with Crippen molar-refractivity contribution in [3.8, 4) is 0 Å². The van der Waals surface area contributed by atoms with Crippen LogP contribution >= 0.6 is 0 Å². The van der Waals surface area contributed by atoms with Crippen LogP contribution in [0.15, 0.2) is 47.3 Å². The second-order valence-corrected chi connectivity index (χ2v) is 6.36. The van der Waals surface area contributed by atoms with E-state index in [2.05, 4.69) is 15.3 Å². The monoisotopic (exact) mass is 340 g/mol. The van der Waals surface area contributed by atoms with Gasteiger partial charge in [0, 0.05) is 12.6 Å². The third-order valence-corrected chi connectivity index (χ3v) is 4.41. The van der Waals surface area contributed by atoms with Crippen LogP contribution in [0, 0.1) is 0 Å². The van der Waals surface area contributed by atoms with Gasteiger partial charge in [-0.3, -0.25) is 9.59 Å².